The van der Waals surface area contributed by atoms with Crippen LogP contribution in [0.2, 0.25) is 0 Å². The fraction of sp³-hybridized carbons (Fsp3) is 0.176. The van der Waals surface area contributed by atoms with Crippen molar-refractivity contribution in [1.29, 1.82) is 0 Å². The molecule has 0 saturated heterocycles. The maximum atomic E-state index is 5.57. The van der Waals surface area contributed by atoms with Crippen molar-refractivity contribution >= 4 is 23.0 Å². The third-order valence-electron chi connectivity index (χ3n) is 3.95. The number of hydrogen-bond donors (Lipinski definition) is 1. The lowest BCUT2D eigenvalue weighted by molar-refractivity contribution is 0.387. The van der Waals surface area contributed by atoms with Crippen LogP contribution in [0.25, 0.3) is 5.70 Å². The van der Waals surface area contributed by atoms with Crippen LogP contribution in [0.1, 0.15) is 16.5 Å². The van der Waals surface area contributed by atoms with E-state index in [1.54, 1.807) is 31.9 Å². The zero-order valence-electron chi connectivity index (χ0n) is 13.3. The first-order chi connectivity index (χ1) is 11.8. The van der Waals surface area contributed by atoms with E-state index in [0.29, 0.717) is 5.95 Å². The minimum Gasteiger partial charge on any atom is -0.497 e. The summed E-state index contributed by atoms with van der Waals surface area (Å²) in [5.41, 5.74) is 2.02. The zero-order chi connectivity index (χ0) is 16.5. The second-order valence-electron chi connectivity index (χ2n) is 5.26. The van der Waals surface area contributed by atoms with Gasteiger partial charge >= 0.3 is 0 Å². The lowest BCUT2D eigenvalue weighted by atomic mass is 10.0. The van der Waals surface area contributed by atoms with Gasteiger partial charge in [-0.1, -0.05) is 6.07 Å². The molecule has 4 rings (SSSR count). The molecule has 1 atom stereocenters. The summed E-state index contributed by atoms with van der Waals surface area (Å²) in [7, 11) is 3.30. The molecular weight excluding hydrogens is 324 g/mol. The maximum Gasteiger partial charge on any atom is 0.226 e. The molecule has 0 fully saturated rings. The Labute approximate surface area is 143 Å². The Hall–Kier alpha value is -2.80. The van der Waals surface area contributed by atoms with Crippen molar-refractivity contribution in [2.24, 2.45) is 0 Å². The summed E-state index contributed by atoms with van der Waals surface area (Å²) in [5, 5.41) is 9.75. The van der Waals surface area contributed by atoms with Gasteiger partial charge in [-0.25, -0.2) is 4.68 Å². The molecule has 1 aliphatic rings. The number of hydrogen-bond acceptors (Lipinski definition) is 6. The van der Waals surface area contributed by atoms with Crippen LogP contribution in [0, 0.1) is 0 Å². The first-order valence-electron chi connectivity index (χ1n) is 7.44. The third kappa shape index (κ3) is 2.43. The second kappa shape index (κ2) is 6.01. The molecule has 0 bridgehead atoms. The number of allylic oxidation sites excluding steroid dienone is 1. The molecule has 1 aliphatic heterocycles. The van der Waals surface area contributed by atoms with Crippen molar-refractivity contribution < 1.29 is 9.47 Å². The van der Waals surface area contributed by atoms with Crippen molar-refractivity contribution in [3.63, 3.8) is 0 Å². The average Bonchev–Trinajstić information content (AvgIpc) is 3.31. The van der Waals surface area contributed by atoms with E-state index in [0.717, 1.165) is 27.6 Å². The Morgan fingerprint density at radius 1 is 1.21 bits per heavy atom. The van der Waals surface area contributed by atoms with Gasteiger partial charge in [0.05, 0.1) is 24.8 Å². The molecule has 1 aromatic carbocycles. The Morgan fingerprint density at radius 2 is 2.12 bits per heavy atom. The first-order valence-corrected chi connectivity index (χ1v) is 8.32. The van der Waals surface area contributed by atoms with Crippen molar-refractivity contribution in [1.82, 2.24) is 14.8 Å². The van der Waals surface area contributed by atoms with E-state index in [9.17, 15) is 0 Å². The van der Waals surface area contributed by atoms with Gasteiger partial charge < -0.3 is 14.8 Å². The van der Waals surface area contributed by atoms with Crippen LogP contribution in [0.3, 0.4) is 0 Å². The van der Waals surface area contributed by atoms with Gasteiger partial charge in [0.15, 0.2) is 0 Å². The zero-order valence-corrected chi connectivity index (χ0v) is 14.1. The van der Waals surface area contributed by atoms with Crippen molar-refractivity contribution in [2.75, 3.05) is 19.5 Å². The summed E-state index contributed by atoms with van der Waals surface area (Å²) in [5.74, 6) is 2.22. The van der Waals surface area contributed by atoms with E-state index < -0.39 is 0 Å². The van der Waals surface area contributed by atoms with Crippen molar-refractivity contribution in [3.8, 4) is 11.5 Å². The lowest BCUT2D eigenvalue weighted by Gasteiger charge is -2.25. The normalized spacial score (nSPS) is 16.1. The number of nitrogens with one attached hydrogen (secondary N) is 1. The summed E-state index contributed by atoms with van der Waals surface area (Å²) < 4.78 is 12.7. The molecule has 0 spiro atoms. The van der Waals surface area contributed by atoms with Crippen LogP contribution in [0.5, 0.6) is 11.5 Å². The Balaban J connectivity index is 1.84. The topological polar surface area (TPSA) is 61.2 Å². The molecule has 0 radical (unpaired) electrons. The number of thiophene rings is 1. The molecule has 2 aromatic heterocycles. The Morgan fingerprint density at radius 3 is 2.88 bits per heavy atom. The van der Waals surface area contributed by atoms with Gasteiger partial charge in [-0.15, -0.1) is 11.3 Å². The summed E-state index contributed by atoms with van der Waals surface area (Å²) >= 11 is 1.68. The van der Waals surface area contributed by atoms with Gasteiger partial charge in [-0.3, -0.25) is 0 Å². The van der Waals surface area contributed by atoms with Gasteiger partial charge in [0, 0.05) is 11.6 Å². The fourth-order valence-corrected chi connectivity index (χ4v) is 3.50. The van der Waals surface area contributed by atoms with Crippen LogP contribution in [-0.2, 0) is 0 Å². The molecule has 24 heavy (non-hydrogen) atoms. The van der Waals surface area contributed by atoms with Crippen LogP contribution in [0.4, 0.5) is 5.95 Å². The van der Waals surface area contributed by atoms with E-state index in [1.807, 2.05) is 28.9 Å². The third-order valence-corrected chi connectivity index (χ3v) is 4.86. The second-order valence-corrected chi connectivity index (χ2v) is 6.21. The van der Waals surface area contributed by atoms with Crippen LogP contribution in [0.15, 0.2) is 48.1 Å². The molecule has 7 heteroatoms. The Bertz CT molecular complexity index is 886. The SMILES string of the molecule is COc1ccc(C2C=C(c3cccs3)Nc3ncnn32)c(OC)c1. The number of nitrogens with zero attached hydrogens (tertiary/aromatic N) is 3. The van der Waals surface area contributed by atoms with Gasteiger partial charge in [-0.05, 0) is 29.7 Å². The smallest absolute Gasteiger partial charge is 0.226 e. The molecular formula is C17H16N4O2S. The standard InChI is InChI=1S/C17H16N4O2S/c1-22-11-5-6-12(15(8-11)23-2)14-9-13(16-4-3-7-24-16)20-17-18-10-19-21(14)17/h3-10,14H,1-2H3,(H,18,19,20). The highest BCUT2D eigenvalue weighted by Gasteiger charge is 2.26. The summed E-state index contributed by atoms with van der Waals surface area (Å²) in [4.78, 5) is 5.48. The van der Waals surface area contributed by atoms with Gasteiger partial charge in [0.2, 0.25) is 5.95 Å². The molecule has 3 aromatic rings. The molecule has 6 nitrogen and oxygen atoms in total. The first kappa shape index (κ1) is 14.8. The van der Waals surface area contributed by atoms with Crippen molar-refractivity contribution in [3.05, 3.63) is 58.6 Å². The summed E-state index contributed by atoms with van der Waals surface area (Å²) in [6.45, 7) is 0. The number of benzene rings is 1. The number of aromatic nitrogens is 3. The summed E-state index contributed by atoms with van der Waals surface area (Å²) in [6.07, 6.45) is 3.69. The molecule has 3 heterocycles. The molecule has 0 amide bonds. The lowest BCUT2D eigenvalue weighted by Crippen LogP contribution is -2.20. The highest BCUT2D eigenvalue weighted by atomic mass is 32.1. The minimum absolute atomic E-state index is 0.110. The van der Waals surface area contributed by atoms with E-state index in [-0.39, 0.29) is 6.04 Å². The van der Waals surface area contributed by atoms with Gasteiger partial charge in [-0.2, -0.15) is 10.1 Å². The molecule has 1 unspecified atom stereocenters. The minimum atomic E-state index is -0.110. The highest BCUT2D eigenvalue weighted by molar-refractivity contribution is 7.11. The van der Waals surface area contributed by atoms with Gasteiger partial charge in [0.1, 0.15) is 23.9 Å². The predicted octanol–water partition coefficient (Wildman–Crippen LogP) is 3.41. The highest BCUT2D eigenvalue weighted by Crippen LogP contribution is 2.38. The maximum absolute atomic E-state index is 5.57. The van der Waals surface area contributed by atoms with E-state index in [2.05, 4.69) is 32.9 Å². The number of rotatable bonds is 4. The Kier molecular flexibility index (Phi) is 3.70. The van der Waals surface area contributed by atoms with Crippen LogP contribution in [-0.4, -0.2) is 29.0 Å². The quantitative estimate of drug-likeness (QED) is 0.788. The van der Waals surface area contributed by atoms with Crippen LogP contribution >= 0.6 is 11.3 Å². The summed E-state index contributed by atoms with van der Waals surface area (Å²) in [6, 6.07) is 9.81. The molecule has 0 aliphatic carbocycles. The monoisotopic (exact) mass is 340 g/mol. The van der Waals surface area contributed by atoms with E-state index >= 15 is 0 Å². The van der Waals surface area contributed by atoms with E-state index in [1.165, 1.54) is 0 Å². The number of fused-ring (bicyclic) bond motifs is 1. The predicted molar refractivity (Wildman–Crippen MR) is 93.6 cm³/mol. The molecule has 0 saturated carbocycles. The number of methoxy groups -OCH3 is 2. The number of anilines is 1. The van der Waals surface area contributed by atoms with Gasteiger partial charge in [0.25, 0.3) is 0 Å². The number of ether oxygens (including phenoxy) is 2. The molecule has 122 valence electrons. The van der Waals surface area contributed by atoms with E-state index in [4.69, 9.17) is 9.47 Å². The molecule has 1 N–H and O–H groups in total. The average molecular weight is 340 g/mol. The van der Waals surface area contributed by atoms with Crippen LogP contribution < -0.4 is 14.8 Å². The van der Waals surface area contributed by atoms with Crippen molar-refractivity contribution in [2.45, 2.75) is 6.04 Å². The fourth-order valence-electron chi connectivity index (χ4n) is 2.79. The largest absolute Gasteiger partial charge is 0.497 e.